The lowest BCUT2D eigenvalue weighted by atomic mass is 9.92. The number of unbranched alkanes of at least 4 members (excludes halogenated alkanes) is 5. The summed E-state index contributed by atoms with van der Waals surface area (Å²) in [6, 6.07) is 12.3. The number of halogens is 4. The Morgan fingerprint density at radius 2 is 1.38 bits per heavy atom. The van der Waals surface area contributed by atoms with Crippen LogP contribution in [0.25, 0.3) is 22.3 Å². The maximum Gasteiger partial charge on any atom is 0.201 e. The van der Waals surface area contributed by atoms with Crippen molar-refractivity contribution in [3.63, 3.8) is 0 Å². The van der Waals surface area contributed by atoms with Crippen molar-refractivity contribution in [3.05, 3.63) is 89.5 Å². The van der Waals surface area contributed by atoms with E-state index in [-0.39, 0.29) is 22.4 Å². The van der Waals surface area contributed by atoms with Crippen molar-refractivity contribution in [1.29, 1.82) is 0 Å². The van der Waals surface area contributed by atoms with E-state index in [1.165, 1.54) is 31.4 Å². The molecule has 1 saturated heterocycles. The number of allylic oxidation sites excluding steroid dienone is 1. The first-order valence-electron chi connectivity index (χ1n) is 14.4. The second kappa shape index (κ2) is 14.5. The highest BCUT2D eigenvalue weighted by molar-refractivity contribution is 5.71. The van der Waals surface area contributed by atoms with Gasteiger partial charge in [0.15, 0.2) is 23.2 Å². The molecule has 0 saturated carbocycles. The zero-order chi connectivity index (χ0) is 28.5. The van der Waals surface area contributed by atoms with E-state index in [4.69, 9.17) is 9.47 Å². The van der Waals surface area contributed by atoms with Crippen LogP contribution in [0.2, 0.25) is 0 Å². The highest BCUT2D eigenvalue weighted by Crippen LogP contribution is 2.37. The molecule has 1 aliphatic heterocycles. The van der Waals surface area contributed by atoms with Gasteiger partial charge in [-0.2, -0.15) is 4.39 Å². The number of ether oxygens (including phenoxy) is 2. The van der Waals surface area contributed by atoms with Crippen molar-refractivity contribution in [2.45, 2.75) is 71.3 Å². The van der Waals surface area contributed by atoms with Gasteiger partial charge in [-0.05, 0) is 49.4 Å². The lowest BCUT2D eigenvalue weighted by Gasteiger charge is -2.28. The highest BCUT2D eigenvalue weighted by atomic mass is 19.2. The van der Waals surface area contributed by atoms with Crippen molar-refractivity contribution in [2.24, 2.45) is 5.92 Å². The Morgan fingerprint density at radius 1 is 0.750 bits per heavy atom. The van der Waals surface area contributed by atoms with E-state index in [9.17, 15) is 8.78 Å². The van der Waals surface area contributed by atoms with Gasteiger partial charge in [-0.3, -0.25) is 0 Å². The molecule has 6 heteroatoms. The van der Waals surface area contributed by atoms with E-state index >= 15 is 8.78 Å². The lowest BCUT2D eigenvalue weighted by Crippen LogP contribution is -2.20. The van der Waals surface area contributed by atoms with Crippen molar-refractivity contribution >= 4 is 0 Å². The Morgan fingerprint density at radius 3 is 2.00 bits per heavy atom. The Hall–Kier alpha value is -3.12. The average molecular weight is 555 g/mol. The van der Waals surface area contributed by atoms with Crippen molar-refractivity contribution < 1.29 is 27.0 Å². The van der Waals surface area contributed by atoms with Gasteiger partial charge in [-0.15, -0.1) is 0 Å². The summed E-state index contributed by atoms with van der Waals surface area (Å²) >= 11 is 0. The Kier molecular flexibility index (Phi) is 10.8. The fourth-order valence-electron chi connectivity index (χ4n) is 5.24. The van der Waals surface area contributed by atoms with Crippen LogP contribution in [-0.4, -0.2) is 13.2 Å². The van der Waals surface area contributed by atoms with Crippen LogP contribution in [0.3, 0.4) is 0 Å². The third-order valence-electron chi connectivity index (χ3n) is 7.54. The average Bonchev–Trinajstić information content (AvgIpc) is 2.97. The first kappa shape index (κ1) is 29.9. The summed E-state index contributed by atoms with van der Waals surface area (Å²) < 4.78 is 71.1. The number of hydrogen-bond acceptors (Lipinski definition) is 2. The predicted octanol–water partition coefficient (Wildman–Crippen LogP) is 10.4. The quantitative estimate of drug-likeness (QED) is 0.126. The third kappa shape index (κ3) is 7.14. The minimum atomic E-state index is -1.03. The van der Waals surface area contributed by atoms with Crippen LogP contribution in [0.4, 0.5) is 17.6 Å². The largest absolute Gasteiger partial charge is 0.490 e. The van der Waals surface area contributed by atoms with Crippen LogP contribution in [0, 0.1) is 29.2 Å². The Labute approximate surface area is 235 Å². The highest BCUT2D eigenvalue weighted by Gasteiger charge is 2.26. The van der Waals surface area contributed by atoms with Gasteiger partial charge in [0.25, 0.3) is 0 Å². The van der Waals surface area contributed by atoms with Crippen LogP contribution in [0.5, 0.6) is 5.75 Å². The molecule has 214 valence electrons. The Balaban J connectivity index is 1.42. The number of rotatable bonds is 12. The summed E-state index contributed by atoms with van der Waals surface area (Å²) in [4.78, 5) is 0. The van der Waals surface area contributed by atoms with Crippen molar-refractivity contribution in [1.82, 2.24) is 0 Å². The summed E-state index contributed by atoms with van der Waals surface area (Å²) in [7, 11) is 0. The van der Waals surface area contributed by atoms with Crippen LogP contribution in [0.1, 0.15) is 76.9 Å². The van der Waals surface area contributed by atoms with Crippen LogP contribution >= 0.6 is 0 Å². The van der Waals surface area contributed by atoms with E-state index in [0.717, 1.165) is 25.7 Å². The molecular formula is C34H38F4O2. The molecule has 40 heavy (non-hydrogen) atoms. The van der Waals surface area contributed by atoms with Gasteiger partial charge < -0.3 is 9.47 Å². The molecule has 0 radical (unpaired) electrons. The molecule has 0 aliphatic carbocycles. The van der Waals surface area contributed by atoms with Gasteiger partial charge in [-0.25, -0.2) is 13.2 Å². The minimum absolute atomic E-state index is 0.0728. The molecule has 0 spiro atoms. The fourth-order valence-corrected chi connectivity index (χ4v) is 5.24. The maximum absolute atomic E-state index is 15.1. The molecule has 1 fully saturated rings. The van der Waals surface area contributed by atoms with Gasteiger partial charge in [0.05, 0.1) is 19.3 Å². The summed E-state index contributed by atoms with van der Waals surface area (Å²) in [5.41, 5.74) is 1.24. The van der Waals surface area contributed by atoms with Gasteiger partial charge in [-0.1, -0.05) is 87.6 Å². The molecule has 3 aromatic carbocycles. The molecule has 0 bridgehead atoms. The van der Waals surface area contributed by atoms with E-state index in [0.29, 0.717) is 36.7 Å². The van der Waals surface area contributed by atoms with Crippen LogP contribution in [0.15, 0.2) is 60.7 Å². The van der Waals surface area contributed by atoms with Gasteiger partial charge >= 0.3 is 0 Å². The molecule has 1 aliphatic rings. The van der Waals surface area contributed by atoms with Gasteiger partial charge in [0, 0.05) is 22.6 Å². The van der Waals surface area contributed by atoms with Crippen molar-refractivity contribution in [2.75, 3.05) is 13.2 Å². The normalized spacial score (nSPS) is 17.4. The molecule has 2 unspecified atom stereocenters. The fraction of sp³-hybridized carbons (Fsp3) is 0.412. The topological polar surface area (TPSA) is 18.5 Å². The molecule has 0 amide bonds. The molecule has 2 nitrogen and oxygen atoms in total. The smallest absolute Gasteiger partial charge is 0.201 e. The molecule has 2 atom stereocenters. The van der Waals surface area contributed by atoms with Crippen LogP contribution in [-0.2, 0) is 4.74 Å². The maximum atomic E-state index is 15.1. The summed E-state index contributed by atoms with van der Waals surface area (Å²) in [5.74, 6) is -3.71. The lowest BCUT2D eigenvalue weighted by molar-refractivity contribution is -0.00743. The first-order valence-corrected chi connectivity index (χ1v) is 14.4. The number of benzene rings is 3. The molecule has 0 N–H and O–H groups in total. The van der Waals surface area contributed by atoms with E-state index < -0.39 is 29.4 Å². The molecular weight excluding hydrogens is 516 g/mol. The van der Waals surface area contributed by atoms with Crippen molar-refractivity contribution in [3.8, 4) is 28.0 Å². The summed E-state index contributed by atoms with van der Waals surface area (Å²) in [6.45, 7) is 4.92. The molecule has 1 heterocycles. The summed E-state index contributed by atoms with van der Waals surface area (Å²) in [6.07, 6.45) is 11.5. The van der Waals surface area contributed by atoms with Crippen LogP contribution < -0.4 is 4.74 Å². The van der Waals surface area contributed by atoms with Gasteiger partial charge in [0.2, 0.25) is 5.82 Å². The molecule has 3 aromatic rings. The zero-order valence-electron chi connectivity index (χ0n) is 23.3. The Bertz CT molecular complexity index is 1280. The SMILES string of the molecule is CC=CC1CCC(c2ccc(-c3ccc(-c4ccc(OCCCCCCCC)c(F)c4F)cc3)c(F)c2F)OC1. The van der Waals surface area contributed by atoms with E-state index in [2.05, 4.69) is 13.0 Å². The standard InChI is InChI=1S/C34H38F4O2/c1-3-5-6-7-8-9-21-39-30-20-18-27(32(36)34(30)38)25-14-12-24(13-15-25)26-16-17-28(33(37)31(26)35)29-19-11-23(10-4-2)22-40-29/h4,10,12-18,20,23,29H,3,5-9,11,19,21-22H2,1-2H3. The number of hydrogen-bond donors (Lipinski definition) is 0. The first-order chi connectivity index (χ1) is 19.4. The monoisotopic (exact) mass is 554 g/mol. The minimum Gasteiger partial charge on any atom is -0.490 e. The molecule has 4 rings (SSSR count). The summed E-state index contributed by atoms with van der Waals surface area (Å²) in [5, 5.41) is 0. The van der Waals surface area contributed by atoms with E-state index in [1.807, 2.05) is 13.0 Å². The third-order valence-corrected chi connectivity index (χ3v) is 7.54. The van der Waals surface area contributed by atoms with Gasteiger partial charge in [0.1, 0.15) is 0 Å². The second-order valence-corrected chi connectivity index (χ2v) is 10.4. The molecule has 0 aromatic heterocycles. The predicted molar refractivity (Wildman–Crippen MR) is 152 cm³/mol. The second-order valence-electron chi connectivity index (χ2n) is 10.4. The van der Waals surface area contributed by atoms with E-state index in [1.54, 1.807) is 36.4 Å². The zero-order valence-corrected chi connectivity index (χ0v) is 23.3.